The van der Waals surface area contributed by atoms with E-state index in [1.807, 2.05) is 13.0 Å². The summed E-state index contributed by atoms with van der Waals surface area (Å²) in [5.41, 5.74) is 1.61. The third-order valence-corrected chi connectivity index (χ3v) is 6.92. The van der Waals surface area contributed by atoms with Gasteiger partial charge in [0.15, 0.2) is 0 Å². The van der Waals surface area contributed by atoms with Gasteiger partial charge in [0.25, 0.3) is 15.9 Å². The van der Waals surface area contributed by atoms with Crippen molar-refractivity contribution in [2.75, 3.05) is 4.72 Å². The number of halogens is 1. The highest BCUT2D eigenvalue weighted by Crippen LogP contribution is 2.34. The van der Waals surface area contributed by atoms with E-state index in [0.29, 0.717) is 26.2 Å². The van der Waals surface area contributed by atoms with Crippen LogP contribution in [0.4, 0.5) is 5.82 Å². The molecule has 0 atom stereocenters. The Kier molecular flexibility index (Phi) is 5.12. The zero-order valence-electron chi connectivity index (χ0n) is 15.4. The number of nitrogens with one attached hydrogen (secondary N) is 1. The van der Waals surface area contributed by atoms with Crippen molar-refractivity contribution in [3.05, 3.63) is 64.1 Å². The second-order valence-electron chi connectivity index (χ2n) is 6.29. The van der Waals surface area contributed by atoms with Crippen LogP contribution in [-0.2, 0) is 10.0 Å². The van der Waals surface area contributed by atoms with Crippen LogP contribution < -0.4 is 4.72 Å². The van der Waals surface area contributed by atoms with Gasteiger partial charge in [-0.05, 0) is 49.7 Å². The van der Waals surface area contributed by atoms with Crippen LogP contribution in [0.1, 0.15) is 10.4 Å². The van der Waals surface area contributed by atoms with Crippen molar-refractivity contribution >= 4 is 38.8 Å². The van der Waals surface area contributed by atoms with E-state index in [1.165, 1.54) is 17.4 Å². The first-order chi connectivity index (χ1) is 13.8. The standard InChI is InChI=1S/C19H15ClN4O3S2/c1-11-6-7-21-17(8-11)24-29(25,26)16-10-15(28-12(16)2)19-22-18(23-27-19)13-4-3-5-14(20)9-13/h3-10H,1-2H3,(H,21,24). The SMILES string of the molecule is Cc1ccnc(NS(=O)(=O)c2cc(-c3nc(-c4cccc(Cl)c4)no3)sc2C)c1. The van der Waals surface area contributed by atoms with E-state index in [-0.39, 0.29) is 16.6 Å². The Balaban J connectivity index is 1.64. The Bertz CT molecular complexity index is 1300. The predicted octanol–water partition coefficient (Wildman–Crippen LogP) is 4.93. The lowest BCUT2D eigenvalue weighted by Crippen LogP contribution is -2.14. The number of benzene rings is 1. The van der Waals surface area contributed by atoms with Crippen LogP contribution in [0.2, 0.25) is 5.02 Å². The van der Waals surface area contributed by atoms with Crippen molar-refractivity contribution in [1.29, 1.82) is 0 Å². The van der Waals surface area contributed by atoms with Gasteiger partial charge in [0.2, 0.25) is 5.82 Å². The highest BCUT2D eigenvalue weighted by atomic mass is 35.5. The lowest BCUT2D eigenvalue weighted by molar-refractivity contribution is 0.433. The summed E-state index contributed by atoms with van der Waals surface area (Å²) in [6.45, 7) is 3.58. The fraction of sp³-hybridized carbons (Fsp3) is 0.105. The zero-order chi connectivity index (χ0) is 20.6. The highest BCUT2D eigenvalue weighted by Gasteiger charge is 2.23. The average molecular weight is 447 g/mol. The first-order valence-corrected chi connectivity index (χ1v) is 11.2. The molecule has 0 aliphatic heterocycles. The number of aromatic nitrogens is 3. The third-order valence-electron chi connectivity index (χ3n) is 4.04. The maximum atomic E-state index is 12.8. The van der Waals surface area contributed by atoms with Crippen LogP contribution in [0.3, 0.4) is 0 Å². The second-order valence-corrected chi connectivity index (χ2v) is 9.63. The van der Waals surface area contributed by atoms with Gasteiger partial charge in [-0.15, -0.1) is 11.3 Å². The van der Waals surface area contributed by atoms with Gasteiger partial charge in [0.1, 0.15) is 10.7 Å². The summed E-state index contributed by atoms with van der Waals surface area (Å²) in [6, 6.07) is 12.1. The van der Waals surface area contributed by atoms with Crippen LogP contribution >= 0.6 is 22.9 Å². The second kappa shape index (κ2) is 7.58. The van der Waals surface area contributed by atoms with E-state index in [2.05, 4.69) is 19.8 Å². The molecule has 1 N–H and O–H groups in total. The summed E-state index contributed by atoms with van der Waals surface area (Å²) in [5, 5.41) is 4.53. The summed E-state index contributed by atoms with van der Waals surface area (Å²) < 4.78 is 33.5. The number of anilines is 1. The van der Waals surface area contributed by atoms with Crippen LogP contribution in [-0.4, -0.2) is 23.5 Å². The molecule has 0 unspecified atom stereocenters. The highest BCUT2D eigenvalue weighted by molar-refractivity contribution is 7.93. The summed E-state index contributed by atoms with van der Waals surface area (Å²) >= 11 is 7.26. The Morgan fingerprint density at radius 2 is 1.97 bits per heavy atom. The van der Waals surface area contributed by atoms with Crippen molar-refractivity contribution in [3.8, 4) is 22.2 Å². The minimum absolute atomic E-state index is 0.142. The number of aryl methyl sites for hydroxylation is 2. The number of hydrogen-bond acceptors (Lipinski definition) is 7. The molecule has 29 heavy (non-hydrogen) atoms. The number of sulfonamides is 1. The summed E-state index contributed by atoms with van der Waals surface area (Å²) in [6.07, 6.45) is 1.55. The molecule has 0 spiro atoms. The maximum Gasteiger partial charge on any atom is 0.268 e. The molecule has 0 radical (unpaired) electrons. The van der Waals surface area contributed by atoms with Crippen LogP contribution in [0, 0.1) is 13.8 Å². The summed E-state index contributed by atoms with van der Waals surface area (Å²) in [5.74, 6) is 0.876. The molecule has 0 saturated heterocycles. The molecule has 0 saturated carbocycles. The topological polar surface area (TPSA) is 98.0 Å². The van der Waals surface area contributed by atoms with Gasteiger partial charge in [-0.3, -0.25) is 4.72 Å². The van der Waals surface area contributed by atoms with E-state index >= 15 is 0 Å². The van der Waals surface area contributed by atoms with Gasteiger partial charge in [-0.1, -0.05) is 28.9 Å². The first-order valence-electron chi connectivity index (χ1n) is 8.48. The molecular weight excluding hydrogens is 432 g/mol. The minimum Gasteiger partial charge on any atom is -0.333 e. The number of thiophene rings is 1. The molecule has 148 valence electrons. The summed E-state index contributed by atoms with van der Waals surface area (Å²) in [7, 11) is -3.81. The van der Waals surface area contributed by atoms with Gasteiger partial charge in [-0.25, -0.2) is 13.4 Å². The lowest BCUT2D eigenvalue weighted by atomic mass is 10.2. The fourth-order valence-corrected chi connectivity index (χ4v) is 5.39. The number of pyridine rings is 1. The van der Waals surface area contributed by atoms with Gasteiger partial charge >= 0.3 is 0 Å². The van der Waals surface area contributed by atoms with Gasteiger partial charge in [0, 0.05) is 21.7 Å². The minimum atomic E-state index is -3.81. The molecule has 7 nitrogen and oxygen atoms in total. The average Bonchev–Trinajstić information content (AvgIpc) is 3.28. The molecule has 3 aromatic heterocycles. The van der Waals surface area contributed by atoms with E-state index in [9.17, 15) is 8.42 Å². The van der Waals surface area contributed by atoms with Crippen LogP contribution in [0.15, 0.2) is 58.1 Å². The van der Waals surface area contributed by atoms with Crippen molar-refractivity contribution in [2.45, 2.75) is 18.7 Å². The molecule has 10 heteroatoms. The Labute approximate surface area is 176 Å². The van der Waals surface area contributed by atoms with Crippen molar-refractivity contribution in [3.63, 3.8) is 0 Å². The van der Waals surface area contributed by atoms with Gasteiger partial charge in [0.05, 0.1) is 4.88 Å². The van der Waals surface area contributed by atoms with Crippen LogP contribution in [0.25, 0.3) is 22.2 Å². The zero-order valence-corrected chi connectivity index (χ0v) is 17.8. The smallest absolute Gasteiger partial charge is 0.268 e. The maximum absolute atomic E-state index is 12.8. The van der Waals surface area contributed by atoms with Gasteiger partial charge < -0.3 is 4.52 Å². The Morgan fingerprint density at radius 3 is 2.72 bits per heavy atom. The largest absolute Gasteiger partial charge is 0.333 e. The third kappa shape index (κ3) is 4.16. The molecule has 0 fully saturated rings. The molecule has 4 rings (SSSR count). The molecule has 0 aliphatic rings. The molecule has 0 aliphatic carbocycles. The first kappa shape index (κ1) is 19.6. The van der Waals surface area contributed by atoms with Crippen molar-refractivity contribution < 1.29 is 12.9 Å². The summed E-state index contributed by atoms with van der Waals surface area (Å²) in [4.78, 5) is 9.72. The molecule has 3 heterocycles. The molecule has 0 amide bonds. The van der Waals surface area contributed by atoms with Crippen molar-refractivity contribution in [1.82, 2.24) is 15.1 Å². The number of hydrogen-bond donors (Lipinski definition) is 1. The van der Waals surface area contributed by atoms with Crippen LogP contribution in [0.5, 0.6) is 0 Å². The fourth-order valence-electron chi connectivity index (χ4n) is 2.69. The Morgan fingerprint density at radius 1 is 1.14 bits per heavy atom. The van der Waals surface area contributed by atoms with E-state index in [1.54, 1.807) is 43.5 Å². The van der Waals surface area contributed by atoms with E-state index < -0.39 is 10.0 Å². The molecule has 1 aromatic carbocycles. The number of nitrogens with zero attached hydrogens (tertiary/aromatic N) is 3. The molecule has 4 aromatic rings. The quantitative estimate of drug-likeness (QED) is 0.466. The normalized spacial score (nSPS) is 11.6. The lowest BCUT2D eigenvalue weighted by Gasteiger charge is -2.07. The molecule has 0 bridgehead atoms. The van der Waals surface area contributed by atoms with Crippen molar-refractivity contribution in [2.24, 2.45) is 0 Å². The van der Waals surface area contributed by atoms with Gasteiger partial charge in [-0.2, -0.15) is 4.98 Å². The monoisotopic (exact) mass is 446 g/mol. The predicted molar refractivity (Wildman–Crippen MR) is 113 cm³/mol. The Hall–Kier alpha value is -2.75. The van der Waals surface area contributed by atoms with E-state index in [0.717, 1.165) is 5.56 Å². The molecular formula is C19H15ClN4O3S2. The number of rotatable bonds is 5. The van der Waals surface area contributed by atoms with E-state index in [4.69, 9.17) is 16.1 Å².